The Kier molecular flexibility index (Phi) is 5.65. The Balaban J connectivity index is 2.65. The number of hydrogen-bond donors (Lipinski definition) is 1. The van der Waals surface area contributed by atoms with Gasteiger partial charge in [0.2, 0.25) is 0 Å². The number of nitrogens with one attached hydrogen (secondary N) is 1. The molecule has 0 heterocycles. The third kappa shape index (κ3) is 5.01. The molecule has 0 bridgehead atoms. The van der Waals surface area contributed by atoms with E-state index in [9.17, 15) is 4.79 Å². The molecule has 0 saturated heterocycles. The Bertz CT molecular complexity index is 289. The van der Waals surface area contributed by atoms with Crippen LogP contribution in [-0.2, 0) is 4.74 Å². The molecular weight excluding hydrogens is 240 g/mol. The van der Waals surface area contributed by atoms with E-state index in [1.807, 2.05) is 32.7 Å². The second kappa shape index (κ2) is 6.60. The van der Waals surface area contributed by atoms with Crippen molar-refractivity contribution in [2.75, 3.05) is 7.05 Å². The van der Waals surface area contributed by atoms with Crippen LogP contribution in [0.25, 0.3) is 0 Å². The first kappa shape index (κ1) is 16.3. The molecule has 0 radical (unpaired) electrons. The largest absolute Gasteiger partial charge is 0.444 e. The van der Waals surface area contributed by atoms with Crippen LogP contribution >= 0.6 is 0 Å². The standard InChI is InChI=1S/C15H30N2O2/c1-11(2)17(14(18)19-15(3,4)5)13-9-7-12(16-6)8-10-13/h11-13,16H,7-10H2,1-6H3. The van der Waals surface area contributed by atoms with Crippen LogP contribution in [-0.4, -0.2) is 41.8 Å². The van der Waals surface area contributed by atoms with Gasteiger partial charge in [-0.3, -0.25) is 0 Å². The molecule has 1 aliphatic rings. The van der Waals surface area contributed by atoms with E-state index in [-0.39, 0.29) is 12.1 Å². The Morgan fingerprint density at radius 2 is 1.74 bits per heavy atom. The summed E-state index contributed by atoms with van der Waals surface area (Å²) in [6.07, 6.45) is 4.21. The van der Waals surface area contributed by atoms with Crippen molar-refractivity contribution in [1.29, 1.82) is 0 Å². The first-order chi connectivity index (χ1) is 8.74. The van der Waals surface area contributed by atoms with E-state index in [0.29, 0.717) is 12.1 Å². The monoisotopic (exact) mass is 270 g/mol. The lowest BCUT2D eigenvalue weighted by atomic mass is 9.90. The Morgan fingerprint density at radius 1 is 1.21 bits per heavy atom. The molecule has 0 unspecified atom stereocenters. The van der Waals surface area contributed by atoms with Gasteiger partial charge < -0.3 is 15.0 Å². The average Bonchev–Trinajstić information content (AvgIpc) is 2.27. The lowest BCUT2D eigenvalue weighted by Crippen LogP contribution is -2.49. The van der Waals surface area contributed by atoms with Crippen LogP contribution in [0, 0.1) is 0 Å². The fraction of sp³-hybridized carbons (Fsp3) is 0.933. The molecule has 1 N–H and O–H groups in total. The molecule has 0 spiro atoms. The zero-order valence-corrected chi connectivity index (χ0v) is 13.3. The number of hydrogen-bond acceptors (Lipinski definition) is 3. The van der Waals surface area contributed by atoms with E-state index in [4.69, 9.17) is 4.74 Å². The van der Waals surface area contributed by atoms with E-state index in [2.05, 4.69) is 19.2 Å². The predicted molar refractivity (Wildman–Crippen MR) is 78.3 cm³/mol. The van der Waals surface area contributed by atoms with Crippen LogP contribution in [0.2, 0.25) is 0 Å². The van der Waals surface area contributed by atoms with Crippen molar-refractivity contribution in [1.82, 2.24) is 10.2 Å². The predicted octanol–water partition coefficient (Wildman–Crippen LogP) is 3.16. The number of rotatable bonds is 3. The molecule has 0 aromatic heterocycles. The number of ether oxygens (including phenoxy) is 1. The number of nitrogens with zero attached hydrogens (tertiary/aromatic N) is 1. The first-order valence-corrected chi connectivity index (χ1v) is 7.43. The molecule has 1 amide bonds. The van der Waals surface area contributed by atoms with E-state index in [0.717, 1.165) is 25.7 Å². The van der Waals surface area contributed by atoms with Gasteiger partial charge in [0.1, 0.15) is 5.60 Å². The van der Waals surface area contributed by atoms with Gasteiger partial charge in [0, 0.05) is 18.1 Å². The van der Waals surface area contributed by atoms with Crippen LogP contribution in [0.1, 0.15) is 60.3 Å². The summed E-state index contributed by atoms with van der Waals surface area (Å²) in [5.74, 6) is 0. The quantitative estimate of drug-likeness (QED) is 0.856. The summed E-state index contributed by atoms with van der Waals surface area (Å²) in [4.78, 5) is 14.3. The molecule has 1 rings (SSSR count). The zero-order valence-electron chi connectivity index (χ0n) is 13.3. The maximum absolute atomic E-state index is 12.3. The second-order valence-corrected chi connectivity index (χ2v) is 6.78. The molecule has 4 nitrogen and oxygen atoms in total. The molecule has 0 atom stereocenters. The normalized spacial score (nSPS) is 24.4. The Morgan fingerprint density at radius 3 is 2.11 bits per heavy atom. The maximum Gasteiger partial charge on any atom is 0.410 e. The minimum absolute atomic E-state index is 0.171. The number of amides is 1. The highest BCUT2D eigenvalue weighted by Gasteiger charge is 2.32. The van der Waals surface area contributed by atoms with Crippen molar-refractivity contribution in [3.8, 4) is 0 Å². The molecule has 4 heteroatoms. The summed E-state index contributed by atoms with van der Waals surface area (Å²) in [5.41, 5.74) is -0.424. The lowest BCUT2D eigenvalue weighted by Gasteiger charge is -2.39. The van der Waals surface area contributed by atoms with Crippen molar-refractivity contribution in [3.63, 3.8) is 0 Å². The Hall–Kier alpha value is -0.770. The molecule has 0 aromatic carbocycles. The van der Waals surface area contributed by atoms with Gasteiger partial charge in [-0.25, -0.2) is 4.79 Å². The summed E-state index contributed by atoms with van der Waals surface area (Å²) in [6.45, 7) is 9.88. The SMILES string of the molecule is CNC1CCC(N(C(=O)OC(C)(C)C)C(C)C)CC1. The van der Waals surface area contributed by atoms with Gasteiger partial charge in [-0.05, 0) is 67.3 Å². The molecule has 0 aliphatic heterocycles. The van der Waals surface area contributed by atoms with Gasteiger partial charge in [0.15, 0.2) is 0 Å². The van der Waals surface area contributed by atoms with Crippen molar-refractivity contribution < 1.29 is 9.53 Å². The number of carbonyl (C=O) groups excluding carboxylic acids is 1. The molecule has 1 fully saturated rings. The van der Waals surface area contributed by atoms with Crippen LogP contribution < -0.4 is 5.32 Å². The fourth-order valence-corrected chi connectivity index (χ4v) is 2.74. The molecule has 0 aromatic rings. The lowest BCUT2D eigenvalue weighted by molar-refractivity contribution is 0.00312. The molecule has 19 heavy (non-hydrogen) atoms. The van der Waals surface area contributed by atoms with Crippen molar-refractivity contribution >= 4 is 6.09 Å². The van der Waals surface area contributed by atoms with Crippen molar-refractivity contribution in [3.05, 3.63) is 0 Å². The average molecular weight is 270 g/mol. The first-order valence-electron chi connectivity index (χ1n) is 7.43. The van der Waals surface area contributed by atoms with Crippen molar-refractivity contribution in [2.24, 2.45) is 0 Å². The zero-order chi connectivity index (χ0) is 14.6. The topological polar surface area (TPSA) is 41.6 Å². The van der Waals surface area contributed by atoms with Gasteiger partial charge in [0.25, 0.3) is 0 Å². The summed E-state index contributed by atoms with van der Waals surface area (Å²) in [7, 11) is 2.01. The van der Waals surface area contributed by atoms with Gasteiger partial charge >= 0.3 is 6.09 Å². The van der Waals surface area contributed by atoms with Crippen molar-refractivity contribution in [2.45, 2.75) is 84.0 Å². The van der Waals surface area contributed by atoms with Gasteiger partial charge in [-0.1, -0.05) is 0 Å². The highest BCUT2D eigenvalue weighted by Crippen LogP contribution is 2.26. The second-order valence-electron chi connectivity index (χ2n) is 6.78. The third-order valence-corrected chi connectivity index (χ3v) is 3.66. The summed E-state index contributed by atoms with van der Waals surface area (Å²) in [6, 6.07) is 1.11. The summed E-state index contributed by atoms with van der Waals surface area (Å²) in [5, 5.41) is 3.33. The summed E-state index contributed by atoms with van der Waals surface area (Å²) >= 11 is 0. The summed E-state index contributed by atoms with van der Waals surface area (Å²) < 4.78 is 5.54. The van der Waals surface area contributed by atoms with Crippen LogP contribution in [0.15, 0.2) is 0 Å². The number of carbonyl (C=O) groups is 1. The fourth-order valence-electron chi connectivity index (χ4n) is 2.74. The van der Waals surface area contributed by atoms with E-state index in [1.54, 1.807) is 0 Å². The van der Waals surface area contributed by atoms with E-state index in [1.165, 1.54) is 0 Å². The Labute approximate surface area is 117 Å². The molecular formula is C15H30N2O2. The van der Waals surface area contributed by atoms with Gasteiger partial charge in [-0.2, -0.15) is 0 Å². The van der Waals surface area contributed by atoms with Gasteiger partial charge in [-0.15, -0.1) is 0 Å². The maximum atomic E-state index is 12.3. The van der Waals surface area contributed by atoms with Crippen LogP contribution in [0.5, 0.6) is 0 Å². The van der Waals surface area contributed by atoms with Gasteiger partial charge in [0.05, 0.1) is 0 Å². The third-order valence-electron chi connectivity index (χ3n) is 3.66. The smallest absolute Gasteiger partial charge is 0.410 e. The minimum atomic E-state index is -0.424. The highest BCUT2D eigenvalue weighted by molar-refractivity contribution is 5.69. The molecule has 112 valence electrons. The van der Waals surface area contributed by atoms with Crippen LogP contribution in [0.3, 0.4) is 0 Å². The van der Waals surface area contributed by atoms with E-state index < -0.39 is 5.60 Å². The van der Waals surface area contributed by atoms with Crippen LogP contribution in [0.4, 0.5) is 4.79 Å². The molecule has 1 aliphatic carbocycles. The highest BCUT2D eigenvalue weighted by atomic mass is 16.6. The minimum Gasteiger partial charge on any atom is -0.444 e. The van der Waals surface area contributed by atoms with E-state index >= 15 is 0 Å². The molecule has 1 saturated carbocycles.